The summed E-state index contributed by atoms with van der Waals surface area (Å²) in [7, 11) is -4.06. The Morgan fingerprint density at radius 1 is 0.759 bits per heavy atom. The summed E-state index contributed by atoms with van der Waals surface area (Å²) >= 11 is 1.41. The molecule has 0 saturated carbocycles. The standard InChI is InChI=1S/C16H33.C8H10O3S.Na/c1-3-5-7-9-11-13-15-16-14-12-10-8-6-4-2;1-6-4-3-5-8(7(6)2)12(9,10)11;/h1,3-16H2,2H3;3-5H,1-2H3,(H,9,10,11);. The molecule has 0 bridgehead atoms. The van der Waals surface area contributed by atoms with Crippen LogP contribution in [-0.4, -0.2) is 40.9 Å². The summed E-state index contributed by atoms with van der Waals surface area (Å²) < 4.78 is 31.8. The Hall–Kier alpha value is 0.130. The second-order valence-electron chi connectivity index (χ2n) is 8.27. The van der Waals surface area contributed by atoms with E-state index in [9.17, 15) is 8.42 Å². The fourth-order valence-corrected chi connectivity index (χ4v) is 4.75. The molecule has 0 aliphatic heterocycles. The van der Waals surface area contributed by atoms with Crippen LogP contribution in [-0.2, 0) is 10.1 Å². The minimum atomic E-state index is -4.06. The number of aryl methyl sites for hydroxylation is 1. The van der Waals surface area contributed by atoms with Crippen molar-refractivity contribution in [3.63, 3.8) is 0 Å². The second kappa shape index (κ2) is 18.9. The van der Waals surface area contributed by atoms with Crippen molar-refractivity contribution >= 4 is 38.0 Å². The number of benzene rings is 1. The maximum atomic E-state index is 10.8. The number of unbranched alkanes of at least 4 members (excludes halogenated alkanes) is 13. The van der Waals surface area contributed by atoms with E-state index < -0.39 is 10.1 Å². The van der Waals surface area contributed by atoms with Gasteiger partial charge in [-0.3, -0.25) is 4.55 Å². The van der Waals surface area contributed by atoms with Gasteiger partial charge in [-0.2, -0.15) is 8.42 Å². The molecule has 0 fully saturated rings. The molecule has 3 nitrogen and oxygen atoms in total. The van der Waals surface area contributed by atoms with E-state index in [1.807, 2.05) is 0 Å². The summed E-state index contributed by atoms with van der Waals surface area (Å²) in [6, 6.07) is 4.78. The van der Waals surface area contributed by atoms with Crippen LogP contribution in [0.15, 0.2) is 23.1 Å². The maximum Gasteiger partial charge on any atom is 0.294 e. The zero-order valence-electron chi connectivity index (χ0n) is 19.5. The Morgan fingerprint density at radius 2 is 1.17 bits per heavy atom. The van der Waals surface area contributed by atoms with Crippen molar-refractivity contribution in [3.8, 4) is 0 Å². The minimum absolute atomic E-state index is 0.0116. The summed E-state index contributed by atoms with van der Waals surface area (Å²) in [6.07, 6.45) is 20.7. The van der Waals surface area contributed by atoms with E-state index in [0.717, 1.165) is 5.56 Å². The van der Waals surface area contributed by atoms with Gasteiger partial charge in [0.1, 0.15) is 0 Å². The van der Waals surface area contributed by atoms with Gasteiger partial charge in [-0.05, 0) is 31.0 Å². The van der Waals surface area contributed by atoms with Gasteiger partial charge < -0.3 is 0 Å². The summed E-state index contributed by atoms with van der Waals surface area (Å²) in [5, 5.41) is 0. The summed E-state index contributed by atoms with van der Waals surface area (Å²) in [5.74, 6) is 0. The van der Waals surface area contributed by atoms with Gasteiger partial charge >= 0.3 is 102 Å². The van der Waals surface area contributed by atoms with Crippen LogP contribution in [0.4, 0.5) is 0 Å². The van der Waals surface area contributed by atoms with Gasteiger partial charge in [0.05, 0.1) is 4.90 Å². The molecule has 1 N–H and O–H groups in total. The molecular formula is C24H43NaO3S. The van der Waals surface area contributed by atoms with E-state index in [0.29, 0.717) is 5.56 Å². The van der Waals surface area contributed by atoms with Crippen LogP contribution in [0.25, 0.3) is 0 Å². The molecule has 0 aromatic heterocycles. The van der Waals surface area contributed by atoms with Crippen molar-refractivity contribution in [1.82, 2.24) is 0 Å². The van der Waals surface area contributed by atoms with Crippen LogP contribution in [0.3, 0.4) is 0 Å². The van der Waals surface area contributed by atoms with E-state index in [2.05, 4.69) is 6.92 Å². The van der Waals surface area contributed by atoms with Crippen LogP contribution < -0.4 is 0 Å². The van der Waals surface area contributed by atoms with E-state index in [1.165, 1.54) is 128 Å². The molecule has 0 saturated heterocycles. The normalized spacial score (nSPS) is 11.2. The molecule has 1 rings (SSSR count). The zero-order chi connectivity index (χ0) is 22.0. The van der Waals surface area contributed by atoms with Crippen molar-refractivity contribution in [2.45, 2.75) is 119 Å². The van der Waals surface area contributed by atoms with E-state index in [4.69, 9.17) is 4.55 Å². The number of hydrogen-bond acceptors (Lipinski definition) is 2. The smallest absolute Gasteiger partial charge is 0.282 e. The average Bonchev–Trinajstić information content (AvgIpc) is 2.67. The molecule has 164 valence electrons. The van der Waals surface area contributed by atoms with Crippen molar-refractivity contribution in [3.05, 3.63) is 29.3 Å². The van der Waals surface area contributed by atoms with Gasteiger partial charge in [0.25, 0.3) is 10.1 Å². The molecule has 0 amide bonds. The van der Waals surface area contributed by atoms with Crippen molar-refractivity contribution in [2.24, 2.45) is 0 Å². The van der Waals surface area contributed by atoms with Gasteiger partial charge in [-0.15, -0.1) is 0 Å². The molecule has 0 unspecified atom stereocenters. The molecule has 0 atom stereocenters. The Kier molecular flexibility index (Phi) is 18.9. The van der Waals surface area contributed by atoms with Crippen LogP contribution in [0.5, 0.6) is 0 Å². The van der Waals surface area contributed by atoms with Crippen LogP contribution >= 0.6 is 0 Å². The summed E-state index contributed by atoms with van der Waals surface area (Å²) in [6.45, 7) is 5.75. The molecule has 0 aliphatic carbocycles. The molecule has 1 aromatic rings. The van der Waals surface area contributed by atoms with Crippen molar-refractivity contribution in [1.29, 1.82) is 0 Å². The first-order valence-corrected chi connectivity index (χ1v) is 14.7. The predicted octanol–water partition coefficient (Wildman–Crippen LogP) is 7.60. The van der Waals surface area contributed by atoms with Gasteiger partial charge in [-0.1, -0.05) is 38.3 Å². The third-order valence-corrected chi connectivity index (χ3v) is 7.25. The molecular weight excluding hydrogens is 391 g/mol. The molecule has 0 heterocycles. The quantitative estimate of drug-likeness (QED) is 0.176. The van der Waals surface area contributed by atoms with E-state index in [1.54, 1.807) is 26.0 Å². The topological polar surface area (TPSA) is 54.4 Å². The molecule has 29 heavy (non-hydrogen) atoms. The molecule has 1 aromatic carbocycles. The minimum Gasteiger partial charge on any atom is -0.282 e. The van der Waals surface area contributed by atoms with Crippen molar-refractivity contribution in [2.75, 3.05) is 0 Å². The Morgan fingerprint density at radius 3 is 1.52 bits per heavy atom. The van der Waals surface area contributed by atoms with Crippen LogP contribution in [0, 0.1) is 13.8 Å². The molecule has 5 heteroatoms. The zero-order valence-corrected chi connectivity index (χ0v) is 22.3. The van der Waals surface area contributed by atoms with E-state index >= 15 is 0 Å². The first kappa shape index (κ1) is 29.1. The molecule has 0 radical (unpaired) electrons. The summed E-state index contributed by atoms with van der Waals surface area (Å²) in [5.41, 5.74) is 1.45. The summed E-state index contributed by atoms with van der Waals surface area (Å²) in [4.78, 5) is -0.0116. The van der Waals surface area contributed by atoms with E-state index in [-0.39, 0.29) is 4.90 Å². The first-order chi connectivity index (χ1) is 13.8. The second-order valence-corrected chi connectivity index (χ2v) is 10.7. The van der Waals surface area contributed by atoms with Gasteiger partial charge in [0.15, 0.2) is 0 Å². The largest absolute Gasteiger partial charge is 0.294 e. The third-order valence-electron chi connectivity index (χ3n) is 5.54. The monoisotopic (exact) mass is 434 g/mol. The van der Waals surface area contributed by atoms with Crippen LogP contribution in [0.2, 0.25) is 3.67 Å². The number of rotatable bonds is 15. The van der Waals surface area contributed by atoms with Crippen molar-refractivity contribution < 1.29 is 13.0 Å². The SMILES string of the molecule is CCCCCCCCCCCCCCC[CH2][Na].Cc1cccc(S(=O)(=O)O)c1C. The predicted molar refractivity (Wildman–Crippen MR) is 127 cm³/mol. The Balaban J connectivity index is 0.000000571. The Labute approximate surface area is 198 Å². The number of hydrogen-bond donors (Lipinski definition) is 1. The van der Waals surface area contributed by atoms with Crippen LogP contribution in [0.1, 0.15) is 108 Å². The maximum absolute atomic E-state index is 10.8. The first-order valence-electron chi connectivity index (χ1n) is 11.9. The molecule has 0 spiro atoms. The fraction of sp³-hybridized carbons (Fsp3) is 0.750. The average molecular weight is 435 g/mol. The van der Waals surface area contributed by atoms with Gasteiger partial charge in [0, 0.05) is 0 Å². The van der Waals surface area contributed by atoms with Gasteiger partial charge in [0.2, 0.25) is 0 Å². The fourth-order valence-electron chi connectivity index (χ4n) is 3.45. The Bertz CT molecular complexity index is 601. The third kappa shape index (κ3) is 16.5. The van der Waals surface area contributed by atoms with Gasteiger partial charge in [-0.25, -0.2) is 0 Å². The molecule has 0 aliphatic rings.